The lowest BCUT2D eigenvalue weighted by Crippen LogP contribution is -2.48. The highest BCUT2D eigenvalue weighted by molar-refractivity contribution is 5.14. The summed E-state index contributed by atoms with van der Waals surface area (Å²) in [7, 11) is 0. The Morgan fingerprint density at radius 1 is 0.667 bits per heavy atom. The highest BCUT2D eigenvalue weighted by Gasteiger charge is 2.58. The second kappa shape index (κ2) is 11.1. The average Bonchev–Trinajstić information content (AvgIpc) is 3.63. The third kappa shape index (κ3) is 4.76. The topological polar surface area (TPSA) is 88.6 Å². The van der Waals surface area contributed by atoms with Crippen LogP contribution in [0.3, 0.4) is 0 Å². The van der Waals surface area contributed by atoms with Crippen LogP contribution in [-0.2, 0) is 0 Å². The van der Waals surface area contributed by atoms with Crippen LogP contribution in [0.15, 0.2) is 0 Å². The van der Waals surface area contributed by atoms with E-state index in [0.717, 1.165) is 19.3 Å². The van der Waals surface area contributed by atoms with E-state index in [-0.39, 0.29) is 12.2 Å². The van der Waals surface area contributed by atoms with Gasteiger partial charge in [-0.3, -0.25) is 0 Å². The van der Waals surface area contributed by atoms with Crippen molar-refractivity contribution in [2.75, 3.05) is 0 Å². The highest BCUT2D eigenvalue weighted by Crippen LogP contribution is 2.50. The van der Waals surface area contributed by atoms with Gasteiger partial charge in [0.05, 0.1) is 12.2 Å². The minimum absolute atomic E-state index is 0.181. The average molecular weight is 545 g/mol. The minimum atomic E-state index is -0.286. The third-order valence-electron chi connectivity index (χ3n) is 13.7. The molecule has 5 aliphatic heterocycles. The Morgan fingerprint density at radius 2 is 1.23 bits per heavy atom. The molecule has 19 atom stereocenters. The molecule has 5 saturated heterocycles. The van der Waals surface area contributed by atoms with Crippen LogP contribution < -0.4 is 21.3 Å². The standard InChI is InChI=1S/C33H60N4O2/c1-8-10-21-16(4)24-12-25-17(5)30(19(7)38)28(35-25)14-23-15(3)20(9-2)27(34-23)13-26-18(6)31-29(39)11-22(32(21)36-24)33(31)37-26/h15-39H,8-14H2,1-7H3. The van der Waals surface area contributed by atoms with E-state index in [4.69, 9.17) is 0 Å². The zero-order valence-electron chi connectivity index (χ0n) is 25.8. The maximum Gasteiger partial charge on any atom is 0.0590 e. The molecule has 224 valence electrons. The molecule has 0 aromatic heterocycles. The number of hydrogen-bond acceptors (Lipinski definition) is 6. The molecule has 0 amide bonds. The van der Waals surface area contributed by atoms with Crippen molar-refractivity contribution in [3.05, 3.63) is 0 Å². The van der Waals surface area contributed by atoms with Gasteiger partial charge in [-0.2, -0.15) is 0 Å². The number of fused-ring (bicyclic) bond motifs is 8. The molecule has 1 saturated carbocycles. The molecule has 1 aliphatic carbocycles. The molecule has 6 fully saturated rings. The molecule has 0 aromatic carbocycles. The predicted molar refractivity (Wildman–Crippen MR) is 158 cm³/mol. The molecule has 8 bridgehead atoms. The smallest absolute Gasteiger partial charge is 0.0590 e. The molecule has 5 heterocycles. The van der Waals surface area contributed by atoms with E-state index >= 15 is 0 Å². The normalized spacial score (nSPS) is 57.8. The Bertz CT molecular complexity index is 856. The summed E-state index contributed by atoms with van der Waals surface area (Å²) in [5, 5.41) is 39.1. The maximum absolute atomic E-state index is 11.4. The van der Waals surface area contributed by atoms with Crippen LogP contribution in [0.2, 0.25) is 0 Å². The van der Waals surface area contributed by atoms with E-state index in [1.54, 1.807) is 0 Å². The van der Waals surface area contributed by atoms with Gasteiger partial charge in [-0.05, 0) is 80.5 Å². The van der Waals surface area contributed by atoms with E-state index in [9.17, 15) is 10.2 Å². The van der Waals surface area contributed by atoms with Crippen molar-refractivity contribution in [3.63, 3.8) is 0 Å². The van der Waals surface area contributed by atoms with E-state index in [1.807, 2.05) is 6.92 Å². The summed E-state index contributed by atoms with van der Waals surface area (Å²) in [5.41, 5.74) is 0. The Labute approximate surface area is 238 Å². The Kier molecular flexibility index (Phi) is 8.22. The molecular weight excluding hydrogens is 484 g/mol. The first kappa shape index (κ1) is 28.9. The summed E-state index contributed by atoms with van der Waals surface area (Å²) < 4.78 is 0. The molecule has 6 nitrogen and oxygen atoms in total. The zero-order valence-corrected chi connectivity index (χ0v) is 25.8. The maximum atomic E-state index is 11.4. The van der Waals surface area contributed by atoms with Gasteiger partial charge >= 0.3 is 0 Å². The number of nitrogens with one attached hydrogen (secondary N) is 4. The molecule has 6 rings (SSSR count). The number of aliphatic hydroxyl groups is 2. The molecular formula is C33H60N4O2. The minimum Gasteiger partial charge on any atom is -0.393 e. The fourth-order valence-corrected chi connectivity index (χ4v) is 11.7. The van der Waals surface area contributed by atoms with Crippen LogP contribution in [0.1, 0.15) is 93.4 Å². The highest BCUT2D eigenvalue weighted by atomic mass is 16.3. The van der Waals surface area contributed by atoms with E-state index < -0.39 is 0 Å². The van der Waals surface area contributed by atoms with Crippen LogP contribution in [0.5, 0.6) is 0 Å². The molecule has 0 aromatic rings. The SMILES string of the molecule is CCCC1C(C)C2CC3NC(CC4NC(CC5NC6C(CC(O)C6C5C)C1N2)C(CC)C4C)C(C(C)O)C3C. The van der Waals surface area contributed by atoms with Crippen LogP contribution in [-0.4, -0.2) is 70.8 Å². The summed E-state index contributed by atoms with van der Waals surface area (Å²) in [6.07, 6.45) is 7.61. The van der Waals surface area contributed by atoms with Gasteiger partial charge in [0.2, 0.25) is 0 Å². The first-order chi connectivity index (χ1) is 18.6. The molecule has 19 unspecified atom stereocenters. The first-order valence-electron chi connectivity index (χ1n) is 17.0. The van der Waals surface area contributed by atoms with Gasteiger partial charge < -0.3 is 31.5 Å². The van der Waals surface area contributed by atoms with Crippen LogP contribution in [0.4, 0.5) is 0 Å². The lowest BCUT2D eigenvalue weighted by Gasteiger charge is -2.32. The zero-order chi connectivity index (χ0) is 27.7. The summed E-state index contributed by atoms with van der Waals surface area (Å²) in [4.78, 5) is 0. The monoisotopic (exact) mass is 544 g/mol. The van der Waals surface area contributed by atoms with Crippen LogP contribution in [0.25, 0.3) is 0 Å². The second-order valence-electron chi connectivity index (χ2n) is 15.4. The predicted octanol–water partition coefficient (Wildman–Crippen LogP) is 3.51. The summed E-state index contributed by atoms with van der Waals surface area (Å²) in [6.45, 7) is 16.5. The van der Waals surface area contributed by atoms with Gasteiger partial charge in [0, 0.05) is 60.2 Å². The fraction of sp³-hybridized carbons (Fsp3) is 1.00. The molecule has 39 heavy (non-hydrogen) atoms. The first-order valence-corrected chi connectivity index (χ1v) is 17.0. The van der Waals surface area contributed by atoms with Crippen molar-refractivity contribution in [3.8, 4) is 0 Å². The lowest BCUT2D eigenvalue weighted by molar-refractivity contribution is 0.0883. The quantitative estimate of drug-likeness (QED) is 0.325. The van der Waals surface area contributed by atoms with Crippen molar-refractivity contribution in [2.45, 2.75) is 154 Å². The molecule has 6 N–H and O–H groups in total. The van der Waals surface area contributed by atoms with Crippen LogP contribution in [0, 0.1) is 53.3 Å². The molecule has 0 radical (unpaired) electrons. The summed E-state index contributed by atoms with van der Waals surface area (Å²) in [5.74, 6) is 4.81. The van der Waals surface area contributed by atoms with E-state index in [1.165, 1.54) is 25.7 Å². The Morgan fingerprint density at radius 3 is 1.92 bits per heavy atom. The van der Waals surface area contributed by atoms with Gasteiger partial charge in [0.15, 0.2) is 0 Å². The molecule has 6 heteroatoms. The fourth-order valence-electron chi connectivity index (χ4n) is 11.7. The van der Waals surface area contributed by atoms with Crippen molar-refractivity contribution in [1.82, 2.24) is 21.3 Å². The number of aliphatic hydroxyl groups excluding tert-OH is 2. The van der Waals surface area contributed by atoms with Crippen molar-refractivity contribution in [1.29, 1.82) is 0 Å². The third-order valence-corrected chi connectivity index (χ3v) is 13.7. The number of rotatable bonds is 4. The lowest BCUT2D eigenvalue weighted by atomic mass is 9.76. The summed E-state index contributed by atoms with van der Waals surface area (Å²) >= 11 is 0. The van der Waals surface area contributed by atoms with Crippen molar-refractivity contribution in [2.24, 2.45) is 53.3 Å². The van der Waals surface area contributed by atoms with Gasteiger partial charge in [0.25, 0.3) is 0 Å². The van der Waals surface area contributed by atoms with E-state index in [0.29, 0.717) is 102 Å². The number of hydrogen-bond donors (Lipinski definition) is 6. The molecule has 6 aliphatic rings. The Balaban J connectivity index is 1.35. The van der Waals surface area contributed by atoms with Gasteiger partial charge in [-0.25, -0.2) is 0 Å². The largest absolute Gasteiger partial charge is 0.393 e. The van der Waals surface area contributed by atoms with Crippen molar-refractivity contribution >= 4 is 0 Å². The Hall–Kier alpha value is -0.240. The van der Waals surface area contributed by atoms with Gasteiger partial charge in [-0.15, -0.1) is 0 Å². The van der Waals surface area contributed by atoms with Crippen LogP contribution >= 0.6 is 0 Å². The van der Waals surface area contributed by atoms with Crippen molar-refractivity contribution < 1.29 is 10.2 Å². The van der Waals surface area contributed by atoms with E-state index in [2.05, 4.69) is 62.8 Å². The molecule has 0 spiro atoms. The second-order valence-corrected chi connectivity index (χ2v) is 15.4. The summed E-state index contributed by atoms with van der Waals surface area (Å²) in [6, 6.07) is 3.71. The van der Waals surface area contributed by atoms with Gasteiger partial charge in [0.1, 0.15) is 0 Å². The van der Waals surface area contributed by atoms with Gasteiger partial charge in [-0.1, -0.05) is 54.4 Å².